The molecule has 1 heterocycles. The van der Waals surface area contributed by atoms with Gasteiger partial charge < -0.3 is 10.4 Å². The topological polar surface area (TPSA) is 78.6 Å². The van der Waals surface area contributed by atoms with Crippen molar-refractivity contribution in [1.29, 1.82) is 0 Å². The van der Waals surface area contributed by atoms with Gasteiger partial charge in [-0.25, -0.2) is 0 Å². The van der Waals surface area contributed by atoms with Gasteiger partial charge in [0.05, 0.1) is 11.5 Å². The molecule has 1 saturated heterocycles. The van der Waals surface area contributed by atoms with Crippen LogP contribution >= 0.6 is 0 Å². The Morgan fingerprint density at radius 2 is 2.33 bits per heavy atom. The minimum Gasteiger partial charge on any atom is -0.395 e. The van der Waals surface area contributed by atoms with Crippen molar-refractivity contribution in [3.8, 4) is 0 Å². The van der Waals surface area contributed by atoms with Crippen LogP contribution < -0.4 is 5.32 Å². The van der Waals surface area contributed by atoms with Gasteiger partial charge >= 0.3 is 0 Å². The van der Waals surface area contributed by atoms with E-state index < -0.39 is 0 Å². The standard InChI is InChI=1S/C15H23N3O3/c1-2-7-16-15-6-5-13(18(20)21)9-12(15)10-17-8-3-4-14(17)11-19/h5-6,9,14,16,19H,2-4,7-8,10-11H2,1H3. The Morgan fingerprint density at radius 3 is 3.00 bits per heavy atom. The second-order valence-electron chi connectivity index (χ2n) is 5.47. The van der Waals surface area contributed by atoms with E-state index in [-0.39, 0.29) is 23.3 Å². The van der Waals surface area contributed by atoms with Crippen LogP contribution in [0.5, 0.6) is 0 Å². The molecule has 0 amide bonds. The highest BCUT2D eigenvalue weighted by Gasteiger charge is 2.25. The first-order chi connectivity index (χ1) is 10.2. The molecule has 6 heteroatoms. The molecule has 0 aromatic heterocycles. The van der Waals surface area contributed by atoms with E-state index in [4.69, 9.17) is 0 Å². The molecule has 0 aliphatic carbocycles. The highest BCUT2D eigenvalue weighted by Crippen LogP contribution is 2.27. The van der Waals surface area contributed by atoms with Gasteiger partial charge in [0.25, 0.3) is 5.69 Å². The van der Waals surface area contributed by atoms with E-state index in [0.717, 1.165) is 43.6 Å². The normalized spacial score (nSPS) is 18.9. The van der Waals surface area contributed by atoms with E-state index in [2.05, 4.69) is 17.1 Å². The molecule has 1 aromatic rings. The van der Waals surface area contributed by atoms with Crippen molar-refractivity contribution >= 4 is 11.4 Å². The van der Waals surface area contributed by atoms with Crippen LogP contribution in [-0.2, 0) is 6.54 Å². The zero-order valence-electron chi connectivity index (χ0n) is 12.4. The summed E-state index contributed by atoms with van der Waals surface area (Å²) in [6.45, 7) is 4.64. The molecule has 1 aliphatic rings. The number of hydrogen-bond acceptors (Lipinski definition) is 5. The van der Waals surface area contributed by atoms with E-state index in [9.17, 15) is 15.2 Å². The Bertz CT molecular complexity index is 493. The molecular formula is C15H23N3O3. The van der Waals surface area contributed by atoms with Crippen LogP contribution in [0.3, 0.4) is 0 Å². The number of benzene rings is 1. The van der Waals surface area contributed by atoms with Crippen LogP contribution in [0.1, 0.15) is 31.7 Å². The van der Waals surface area contributed by atoms with E-state index in [1.165, 1.54) is 6.07 Å². The number of aliphatic hydroxyl groups is 1. The molecule has 1 unspecified atom stereocenters. The molecule has 0 radical (unpaired) electrons. The maximum absolute atomic E-state index is 11.0. The summed E-state index contributed by atoms with van der Waals surface area (Å²) in [4.78, 5) is 12.8. The molecule has 116 valence electrons. The fraction of sp³-hybridized carbons (Fsp3) is 0.600. The van der Waals surface area contributed by atoms with Crippen LogP contribution in [-0.4, -0.2) is 40.7 Å². The fourth-order valence-corrected chi connectivity index (χ4v) is 2.79. The van der Waals surface area contributed by atoms with Crippen LogP contribution in [0.2, 0.25) is 0 Å². The third kappa shape index (κ3) is 3.92. The number of nitrogens with zero attached hydrogens (tertiary/aromatic N) is 2. The van der Waals surface area contributed by atoms with E-state index in [0.29, 0.717) is 6.54 Å². The van der Waals surface area contributed by atoms with Crippen molar-refractivity contribution < 1.29 is 10.0 Å². The number of nitrogens with one attached hydrogen (secondary N) is 1. The molecule has 0 spiro atoms. The predicted molar refractivity (Wildman–Crippen MR) is 82.4 cm³/mol. The first kappa shape index (κ1) is 15.7. The summed E-state index contributed by atoms with van der Waals surface area (Å²) >= 11 is 0. The second-order valence-corrected chi connectivity index (χ2v) is 5.47. The van der Waals surface area contributed by atoms with Crippen LogP contribution in [0.15, 0.2) is 18.2 Å². The van der Waals surface area contributed by atoms with E-state index in [1.807, 2.05) is 0 Å². The molecular weight excluding hydrogens is 270 g/mol. The third-order valence-electron chi connectivity index (χ3n) is 3.95. The first-order valence-corrected chi connectivity index (χ1v) is 7.51. The van der Waals surface area contributed by atoms with Gasteiger partial charge in [-0.1, -0.05) is 6.92 Å². The van der Waals surface area contributed by atoms with Crippen LogP contribution in [0.4, 0.5) is 11.4 Å². The SMILES string of the molecule is CCCNc1ccc([N+](=O)[O-])cc1CN1CCCC1CO. The maximum atomic E-state index is 11.0. The van der Waals surface area contributed by atoms with Gasteiger partial charge in [-0.2, -0.15) is 0 Å². The molecule has 0 saturated carbocycles. The van der Waals surface area contributed by atoms with Gasteiger partial charge in [0.1, 0.15) is 0 Å². The molecule has 1 aliphatic heterocycles. The minimum absolute atomic E-state index is 0.117. The number of nitro benzene ring substituents is 1. The number of nitro groups is 1. The summed E-state index contributed by atoms with van der Waals surface area (Å²) in [5, 5.41) is 23.7. The molecule has 2 N–H and O–H groups in total. The Balaban J connectivity index is 2.20. The third-order valence-corrected chi connectivity index (χ3v) is 3.95. The molecule has 1 atom stereocenters. The van der Waals surface area contributed by atoms with Gasteiger partial charge in [0.15, 0.2) is 0 Å². The highest BCUT2D eigenvalue weighted by molar-refractivity contribution is 5.56. The summed E-state index contributed by atoms with van der Waals surface area (Å²) in [5.41, 5.74) is 2.00. The first-order valence-electron chi connectivity index (χ1n) is 7.51. The van der Waals surface area contributed by atoms with Gasteiger partial charge in [-0.3, -0.25) is 15.0 Å². The number of anilines is 1. The minimum atomic E-state index is -0.361. The Kier molecular flexibility index (Phi) is 5.52. The van der Waals surface area contributed by atoms with E-state index in [1.54, 1.807) is 12.1 Å². The molecule has 6 nitrogen and oxygen atoms in total. The number of aliphatic hydroxyl groups excluding tert-OH is 1. The maximum Gasteiger partial charge on any atom is 0.269 e. The fourth-order valence-electron chi connectivity index (χ4n) is 2.79. The lowest BCUT2D eigenvalue weighted by Gasteiger charge is -2.24. The van der Waals surface area contributed by atoms with Gasteiger partial charge in [-0.05, 0) is 37.4 Å². The zero-order chi connectivity index (χ0) is 15.2. The summed E-state index contributed by atoms with van der Waals surface area (Å²) < 4.78 is 0. The van der Waals surface area contributed by atoms with Crippen LogP contribution in [0, 0.1) is 10.1 Å². The molecule has 21 heavy (non-hydrogen) atoms. The lowest BCUT2D eigenvalue weighted by molar-refractivity contribution is -0.384. The van der Waals surface area contributed by atoms with Crippen molar-refractivity contribution in [3.63, 3.8) is 0 Å². The van der Waals surface area contributed by atoms with E-state index >= 15 is 0 Å². The smallest absolute Gasteiger partial charge is 0.269 e. The average Bonchev–Trinajstić information content (AvgIpc) is 2.93. The van der Waals surface area contributed by atoms with Gasteiger partial charge in [-0.15, -0.1) is 0 Å². The predicted octanol–water partition coefficient (Wildman–Crippen LogP) is 2.37. The summed E-state index contributed by atoms with van der Waals surface area (Å²) in [5.74, 6) is 0. The molecule has 2 rings (SSSR count). The Morgan fingerprint density at radius 1 is 1.52 bits per heavy atom. The number of likely N-dealkylation sites (tertiary alicyclic amines) is 1. The molecule has 0 bridgehead atoms. The van der Waals surface area contributed by atoms with Crippen molar-refractivity contribution in [2.45, 2.75) is 38.8 Å². The lowest BCUT2D eigenvalue weighted by atomic mass is 10.1. The average molecular weight is 293 g/mol. The lowest BCUT2D eigenvalue weighted by Crippen LogP contribution is -2.31. The number of non-ortho nitro benzene ring substituents is 1. The zero-order valence-corrected chi connectivity index (χ0v) is 12.4. The highest BCUT2D eigenvalue weighted by atomic mass is 16.6. The Labute approximate surface area is 124 Å². The van der Waals surface area contributed by atoms with Crippen molar-refractivity contribution in [2.24, 2.45) is 0 Å². The van der Waals surface area contributed by atoms with Gasteiger partial charge in [0.2, 0.25) is 0 Å². The number of rotatable bonds is 7. The largest absolute Gasteiger partial charge is 0.395 e. The van der Waals surface area contributed by atoms with Gasteiger partial charge in [0, 0.05) is 37.0 Å². The monoisotopic (exact) mass is 293 g/mol. The van der Waals surface area contributed by atoms with Crippen molar-refractivity contribution in [3.05, 3.63) is 33.9 Å². The molecule has 1 fully saturated rings. The van der Waals surface area contributed by atoms with Crippen LogP contribution in [0.25, 0.3) is 0 Å². The summed E-state index contributed by atoms with van der Waals surface area (Å²) in [6.07, 6.45) is 3.06. The Hall–Kier alpha value is -1.66. The summed E-state index contributed by atoms with van der Waals surface area (Å²) in [7, 11) is 0. The van der Waals surface area contributed by atoms with Crippen molar-refractivity contribution in [2.75, 3.05) is 25.0 Å². The quantitative estimate of drug-likeness (QED) is 0.596. The second kappa shape index (κ2) is 7.38. The summed E-state index contributed by atoms with van der Waals surface area (Å²) in [6, 6.07) is 5.13. The van der Waals surface area contributed by atoms with Crippen molar-refractivity contribution in [1.82, 2.24) is 4.90 Å². The molecule has 1 aromatic carbocycles. The number of hydrogen-bond donors (Lipinski definition) is 2.